The van der Waals surface area contributed by atoms with Crippen LogP contribution in [0.3, 0.4) is 0 Å². The standard InChI is InChI=1S/C12H15NO3/c13-7-10(12(14)15)9-5-1-3-8-4-2-6-16-11(8)9/h1,3,5,10H,2,4,6-7,13H2,(H,14,15). The van der Waals surface area contributed by atoms with Crippen molar-refractivity contribution in [1.29, 1.82) is 0 Å². The number of benzene rings is 1. The number of hydrogen-bond donors (Lipinski definition) is 2. The number of carboxylic acids is 1. The zero-order chi connectivity index (χ0) is 11.5. The quantitative estimate of drug-likeness (QED) is 0.802. The number of aryl methyl sites for hydroxylation is 1. The number of nitrogens with two attached hydrogens (primary N) is 1. The minimum Gasteiger partial charge on any atom is -0.493 e. The van der Waals surface area contributed by atoms with Gasteiger partial charge in [0, 0.05) is 12.1 Å². The first kappa shape index (κ1) is 11.0. The van der Waals surface area contributed by atoms with Gasteiger partial charge in [0.05, 0.1) is 12.5 Å². The molecule has 2 rings (SSSR count). The van der Waals surface area contributed by atoms with Gasteiger partial charge in [0.15, 0.2) is 0 Å². The number of carbonyl (C=O) groups is 1. The van der Waals surface area contributed by atoms with Gasteiger partial charge < -0.3 is 15.6 Å². The Morgan fingerprint density at radius 1 is 1.56 bits per heavy atom. The number of ether oxygens (including phenoxy) is 1. The second-order valence-electron chi connectivity index (χ2n) is 3.91. The van der Waals surface area contributed by atoms with Gasteiger partial charge in [0.1, 0.15) is 5.75 Å². The molecular formula is C12H15NO3. The molecule has 1 aromatic carbocycles. The third kappa shape index (κ3) is 1.88. The number of para-hydroxylation sites is 1. The molecule has 1 atom stereocenters. The predicted octanol–water partition coefficient (Wildman–Crippen LogP) is 1.14. The summed E-state index contributed by atoms with van der Waals surface area (Å²) in [6.07, 6.45) is 1.93. The summed E-state index contributed by atoms with van der Waals surface area (Å²) in [5.41, 5.74) is 7.29. The average molecular weight is 221 g/mol. The van der Waals surface area contributed by atoms with Crippen LogP contribution in [0.5, 0.6) is 5.75 Å². The smallest absolute Gasteiger partial charge is 0.312 e. The summed E-state index contributed by atoms with van der Waals surface area (Å²) < 4.78 is 5.57. The normalized spacial score (nSPS) is 16.1. The van der Waals surface area contributed by atoms with Crippen molar-refractivity contribution < 1.29 is 14.6 Å². The van der Waals surface area contributed by atoms with Crippen LogP contribution in [0, 0.1) is 0 Å². The molecule has 1 aliphatic rings. The van der Waals surface area contributed by atoms with Crippen LogP contribution in [0.15, 0.2) is 18.2 Å². The largest absolute Gasteiger partial charge is 0.493 e. The fourth-order valence-electron chi connectivity index (χ4n) is 2.05. The third-order valence-corrected chi connectivity index (χ3v) is 2.87. The summed E-state index contributed by atoms with van der Waals surface area (Å²) in [6, 6.07) is 5.64. The number of aliphatic carboxylic acids is 1. The molecule has 0 amide bonds. The van der Waals surface area contributed by atoms with Gasteiger partial charge in [0.25, 0.3) is 0 Å². The first-order chi connectivity index (χ1) is 7.74. The Hall–Kier alpha value is -1.55. The maximum atomic E-state index is 11.1. The summed E-state index contributed by atoms with van der Waals surface area (Å²) in [4.78, 5) is 11.1. The summed E-state index contributed by atoms with van der Waals surface area (Å²) >= 11 is 0. The monoisotopic (exact) mass is 221 g/mol. The van der Waals surface area contributed by atoms with Gasteiger partial charge in [-0.3, -0.25) is 4.79 Å². The molecule has 4 heteroatoms. The molecule has 0 bridgehead atoms. The van der Waals surface area contributed by atoms with Crippen molar-refractivity contribution in [3.63, 3.8) is 0 Å². The van der Waals surface area contributed by atoms with Gasteiger partial charge in [-0.05, 0) is 18.4 Å². The van der Waals surface area contributed by atoms with Crippen LogP contribution in [0.25, 0.3) is 0 Å². The highest BCUT2D eigenvalue weighted by Crippen LogP contribution is 2.33. The lowest BCUT2D eigenvalue weighted by Crippen LogP contribution is -2.23. The first-order valence-corrected chi connectivity index (χ1v) is 5.41. The molecule has 0 saturated heterocycles. The molecule has 0 aliphatic carbocycles. The van der Waals surface area contributed by atoms with Gasteiger partial charge in [-0.25, -0.2) is 0 Å². The number of fused-ring (bicyclic) bond motifs is 1. The van der Waals surface area contributed by atoms with E-state index in [-0.39, 0.29) is 6.54 Å². The minimum atomic E-state index is -0.898. The van der Waals surface area contributed by atoms with Crippen molar-refractivity contribution in [2.45, 2.75) is 18.8 Å². The van der Waals surface area contributed by atoms with Crippen molar-refractivity contribution in [3.05, 3.63) is 29.3 Å². The Balaban J connectivity index is 2.43. The maximum Gasteiger partial charge on any atom is 0.312 e. The molecule has 0 fully saturated rings. The molecule has 3 N–H and O–H groups in total. The molecule has 1 aromatic rings. The summed E-state index contributed by atoms with van der Waals surface area (Å²) in [5, 5.41) is 9.09. The van der Waals surface area contributed by atoms with Crippen LogP contribution in [0.2, 0.25) is 0 Å². The van der Waals surface area contributed by atoms with Crippen LogP contribution in [-0.2, 0) is 11.2 Å². The van der Waals surface area contributed by atoms with Crippen LogP contribution in [-0.4, -0.2) is 24.2 Å². The molecule has 1 aliphatic heterocycles. The molecule has 86 valence electrons. The molecule has 1 unspecified atom stereocenters. The lowest BCUT2D eigenvalue weighted by molar-refractivity contribution is -0.138. The Labute approximate surface area is 94.0 Å². The van der Waals surface area contributed by atoms with E-state index in [1.165, 1.54) is 0 Å². The van der Waals surface area contributed by atoms with Gasteiger partial charge in [0.2, 0.25) is 0 Å². The first-order valence-electron chi connectivity index (χ1n) is 5.41. The molecule has 16 heavy (non-hydrogen) atoms. The Bertz CT molecular complexity index is 403. The number of hydrogen-bond acceptors (Lipinski definition) is 3. The van der Waals surface area contributed by atoms with Crippen molar-refractivity contribution in [1.82, 2.24) is 0 Å². The molecule has 1 heterocycles. The Morgan fingerprint density at radius 3 is 3.06 bits per heavy atom. The molecule has 0 aromatic heterocycles. The maximum absolute atomic E-state index is 11.1. The molecule has 0 radical (unpaired) electrons. The van der Waals surface area contributed by atoms with Crippen molar-refractivity contribution in [2.75, 3.05) is 13.2 Å². The van der Waals surface area contributed by atoms with Gasteiger partial charge in [-0.2, -0.15) is 0 Å². The number of rotatable bonds is 3. The second-order valence-corrected chi connectivity index (χ2v) is 3.91. The predicted molar refractivity (Wildman–Crippen MR) is 59.7 cm³/mol. The summed E-state index contributed by atoms with van der Waals surface area (Å²) in [7, 11) is 0. The third-order valence-electron chi connectivity index (χ3n) is 2.87. The van der Waals surface area contributed by atoms with E-state index in [1.807, 2.05) is 12.1 Å². The van der Waals surface area contributed by atoms with E-state index in [2.05, 4.69) is 0 Å². The SMILES string of the molecule is NCC(C(=O)O)c1cccc2c1OCCC2. The van der Waals surface area contributed by atoms with Crippen LogP contribution >= 0.6 is 0 Å². The molecule has 4 nitrogen and oxygen atoms in total. The number of carboxylic acid groups (broad SMARTS) is 1. The zero-order valence-corrected chi connectivity index (χ0v) is 8.98. The van der Waals surface area contributed by atoms with E-state index in [9.17, 15) is 4.79 Å². The fourth-order valence-corrected chi connectivity index (χ4v) is 2.05. The highest BCUT2D eigenvalue weighted by atomic mass is 16.5. The average Bonchev–Trinajstić information content (AvgIpc) is 2.30. The highest BCUT2D eigenvalue weighted by Gasteiger charge is 2.24. The van der Waals surface area contributed by atoms with E-state index in [0.29, 0.717) is 12.2 Å². The molecule has 0 saturated carbocycles. The van der Waals surface area contributed by atoms with Crippen molar-refractivity contribution in [2.24, 2.45) is 5.73 Å². The van der Waals surface area contributed by atoms with E-state index in [1.54, 1.807) is 6.07 Å². The van der Waals surface area contributed by atoms with Gasteiger partial charge >= 0.3 is 5.97 Å². The molecular weight excluding hydrogens is 206 g/mol. The Kier molecular flexibility index (Phi) is 3.10. The van der Waals surface area contributed by atoms with Crippen LogP contribution in [0.1, 0.15) is 23.5 Å². The van der Waals surface area contributed by atoms with Crippen LogP contribution < -0.4 is 10.5 Å². The minimum absolute atomic E-state index is 0.0924. The summed E-state index contributed by atoms with van der Waals surface area (Å²) in [5.74, 6) is -0.843. The highest BCUT2D eigenvalue weighted by molar-refractivity contribution is 5.78. The van der Waals surface area contributed by atoms with Gasteiger partial charge in [-0.1, -0.05) is 18.2 Å². The Morgan fingerprint density at radius 2 is 2.38 bits per heavy atom. The lowest BCUT2D eigenvalue weighted by Gasteiger charge is -2.22. The van der Waals surface area contributed by atoms with E-state index >= 15 is 0 Å². The zero-order valence-electron chi connectivity index (χ0n) is 8.98. The van der Waals surface area contributed by atoms with Crippen LogP contribution in [0.4, 0.5) is 0 Å². The van der Waals surface area contributed by atoms with Crippen molar-refractivity contribution in [3.8, 4) is 5.75 Å². The van der Waals surface area contributed by atoms with E-state index in [0.717, 1.165) is 24.2 Å². The fraction of sp³-hybridized carbons (Fsp3) is 0.417. The summed E-state index contributed by atoms with van der Waals surface area (Å²) in [6.45, 7) is 0.746. The van der Waals surface area contributed by atoms with E-state index in [4.69, 9.17) is 15.6 Å². The topological polar surface area (TPSA) is 72.6 Å². The van der Waals surface area contributed by atoms with Crippen molar-refractivity contribution >= 4 is 5.97 Å². The lowest BCUT2D eigenvalue weighted by atomic mass is 9.93. The van der Waals surface area contributed by atoms with Gasteiger partial charge in [-0.15, -0.1) is 0 Å². The molecule has 0 spiro atoms. The van der Waals surface area contributed by atoms with E-state index < -0.39 is 11.9 Å². The second kappa shape index (κ2) is 4.53.